The van der Waals surface area contributed by atoms with Crippen molar-refractivity contribution in [3.8, 4) is 5.75 Å². The quantitative estimate of drug-likeness (QED) is 0.221. The number of sulfonamides is 1. The first-order valence-electron chi connectivity index (χ1n) is 13.1. The Balaban J connectivity index is 1.45. The zero-order valence-electron chi connectivity index (χ0n) is 21.7. The summed E-state index contributed by atoms with van der Waals surface area (Å²) < 4.78 is 96.6. The van der Waals surface area contributed by atoms with Crippen LogP contribution < -0.4 is 4.90 Å². The summed E-state index contributed by atoms with van der Waals surface area (Å²) in [6.07, 6.45) is 7.25. The number of benzene rings is 2. The van der Waals surface area contributed by atoms with Crippen molar-refractivity contribution in [3.63, 3.8) is 0 Å². The summed E-state index contributed by atoms with van der Waals surface area (Å²) in [4.78, 5) is 17.3. The van der Waals surface area contributed by atoms with E-state index in [1.54, 1.807) is 12.3 Å². The number of carbonyl (C=O) groups excluding carboxylic acids is 1. The van der Waals surface area contributed by atoms with Crippen LogP contribution in [0.4, 0.5) is 27.6 Å². The Bertz CT molecular complexity index is 1550. The molecule has 1 unspecified atom stereocenters. The van der Waals surface area contributed by atoms with Gasteiger partial charge in [0, 0.05) is 24.5 Å². The minimum Gasteiger partial charge on any atom is -0.508 e. The van der Waals surface area contributed by atoms with Crippen molar-refractivity contribution in [2.24, 2.45) is 0 Å². The Morgan fingerprint density at radius 3 is 2.15 bits per heavy atom. The van der Waals surface area contributed by atoms with Gasteiger partial charge in [-0.15, -0.1) is 0 Å². The second kappa shape index (κ2) is 11.4. The molecule has 0 radical (unpaired) electrons. The average Bonchev–Trinajstić information content (AvgIpc) is 2.93. The van der Waals surface area contributed by atoms with Crippen molar-refractivity contribution in [3.05, 3.63) is 82.9 Å². The van der Waals surface area contributed by atoms with Crippen LogP contribution in [0.25, 0.3) is 0 Å². The fourth-order valence-corrected chi connectivity index (χ4v) is 7.08. The van der Waals surface area contributed by atoms with E-state index in [4.69, 9.17) is 0 Å². The van der Waals surface area contributed by atoms with E-state index in [9.17, 15) is 40.3 Å². The molecule has 2 aliphatic rings. The molecule has 1 aliphatic carbocycles. The van der Waals surface area contributed by atoms with E-state index < -0.39 is 56.0 Å². The summed E-state index contributed by atoms with van der Waals surface area (Å²) in [5, 5.41) is 10.0. The van der Waals surface area contributed by atoms with Crippen LogP contribution in [0.3, 0.4) is 0 Å². The lowest BCUT2D eigenvalue weighted by molar-refractivity contribution is -0.125. The summed E-state index contributed by atoms with van der Waals surface area (Å²) in [5.41, 5.74) is 1.71. The molecule has 1 saturated heterocycles. The zero-order valence-corrected chi connectivity index (χ0v) is 22.5. The van der Waals surface area contributed by atoms with E-state index in [1.807, 2.05) is 6.07 Å². The SMILES string of the molecule is O=C(C1CCN1S(=O)(=O)c1c(F)c(F)c(F)c(F)c1F)N(Cc1ccc(C2CCCCC2)cn1)c1cccc(O)c1. The lowest BCUT2D eigenvalue weighted by atomic mass is 9.85. The number of halogens is 5. The topological polar surface area (TPSA) is 90.8 Å². The molecule has 2 heterocycles. The second-order valence-electron chi connectivity index (χ2n) is 10.2. The van der Waals surface area contributed by atoms with Gasteiger partial charge in [0.05, 0.1) is 12.2 Å². The highest BCUT2D eigenvalue weighted by molar-refractivity contribution is 7.89. The van der Waals surface area contributed by atoms with Gasteiger partial charge in [-0.05, 0) is 48.9 Å². The smallest absolute Gasteiger partial charge is 0.249 e. The molecular formula is C28H26F5N3O4S. The molecule has 2 fully saturated rings. The molecule has 1 aliphatic heterocycles. The summed E-state index contributed by atoms with van der Waals surface area (Å²) in [7, 11) is -5.31. The van der Waals surface area contributed by atoms with Gasteiger partial charge in [-0.3, -0.25) is 9.78 Å². The number of aromatic nitrogens is 1. The number of hydrogen-bond donors (Lipinski definition) is 1. The molecule has 218 valence electrons. The highest BCUT2D eigenvalue weighted by Crippen LogP contribution is 2.36. The van der Waals surface area contributed by atoms with E-state index in [2.05, 4.69) is 4.98 Å². The highest BCUT2D eigenvalue weighted by atomic mass is 32.2. The maximum Gasteiger partial charge on any atom is 0.249 e. The number of amides is 1. The van der Waals surface area contributed by atoms with Gasteiger partial charge in [0.1, 0.15) is 11.8 Å². The number of pyridine rings is 1. The Kier molecular flexibility index (Phi) is 8.02. The molecular weight excluding hydrogens is 569 g/mol. The number of rotatable bonds is 7. The number of aromatic hydroxyl groups is 1. The van der Waals surface area contributed by atoms with Gasteiger partial charge in [0.2, 0.25) is 21.7 Å². The number of carbonyl (C=O) groups is 1. The lowest BCUT2D eigenvalue weighted by Gasteiger charge is -2.41. The van der Waals surface area contributed by atoms with Gasteiger partial charge in [0.25, 0.3) is 0 Å². The Morgan fingerprint density at radius 1 is 0.927 bits per heavy atom. The maximum atomic E-state index is 14.4. The molecule has 0 spiro atoms. The van der Waals surface area contributed by atoms with Crippen molar-refractivity contribution >= 4 is 21.6 Å². The predicted octanol–water partition coefficient (Wildman–Crippen LogP) is 5.53. The van der Waals surface area contributed by atoms with Crippen LogP contribution >= 0.6 is 0 Å². The van der Waals surface area contributed by atoms with Crippen LogP contribution in [0.15, 0.2) is 47.5 Å². The Hall–Kier alpha value is -3.58. The molecule has 5 rings (SSSR count). The third-order valence-electron chi connectivity index (χ3n) is 7.64. The normalized spacial score (nSPS) is 18.2. The van der Waals surface area contributed by atoms with Crippen LogP contribution in [0.2, 0.25) is 0 Å². The Labute approximate surface area is 233 Å². The molecule has 1 N–H and O–H groups in total. The summed E-state index contributed by atoms with van der Waals surface area (Å²) in [6, 6.07) is 7.77. The van der Waals surface area contributed by atoms with Crippen molar-refractivity contribution in [1.82, 2.24) is 9.29 Å². The number of hydrogen-bond acceptors (Lipinski definition) is 5. The lowest BCUT2D eigenvalue weighted by Crippen LogP contribution is -2.59. The molecule has 2 aromatic carbocycles. The first-order chi connectivity index (χ1) is 19.5. The third-order valence-corrected chi connectivity index (χ3v) is 9.57. The standard InChI is InChI=1S/C28H26F5N3O4S/c29-22-23(30)25(32)27(26(33)24(22)31)41(39,40)36-12-11-21(36)28(38)35(19-7-4-8-20(37)13-19)15-18-10-9-17(14-34-18)16-5-2-1-3-6-16/h4,7-10,13-14,16,21,37H,1-3,5-6,11-12,15H2. The number of anilines is 1. The van der Waals surface area contributed by atoms with Crippen LogP contribution in [0, 0.1) is 29.1 Å². The molecule has 1 aromatic heterocycles. The van der Waals surface area contributed by atoms with Gasteiger partial charge in [-0.2, -0.15) is 4.31 Å². The third kappa shape index (κ3) is 5.40. The number of phenols is 1. The van der Waals surface area contributed by atoms with Crippen LogP contribution in [0.5, 0.6) is 5.75 Å². The maximum absolute atomic E-state index is 14.4. The van der Waals surface area contributed by atoms with Crippen LogP contribution in [-0.4, -0.2) is 41.3 Å². The minimum absolute atomic E-state index is 0.0726. The van der Waals surface area contributed by atoms with Crippen molar-refractivity contribution in [2.75, 3.05) is 11.4 Å². The fraction of sp³-hybridized carbons (Fsp3) is 0.357. The largest absolute Gasteiger partial charge is 0.508 e. The van der Waals surface area contributed by atoms with E-state index in [1.165, 1.54) is 30.7 Å². The summed E-state index contributed by atoms with van der Waals surface area (Å²) >= 11 is 0. The highest BCUT2D eigenvalue weighted by Gasteiger charge is 2.48. The zero-order chi connectivity index (χ0) is 29.5. The van der Waals surface area contributed by atoms with Crippen LogP contribution in [0.1, 0.15) is 55.7 Å². The number of nitrogens with zero attached hydrogens (tertiary/aromatic N) is 3. The second-order valence-corrected chi connectivity index (χ2v) is 12.0. The molecule has 7 nitrogen and oxygen atoms in total. The molecule has 1 amide bonds. The van der Waals surface area contributed by atoms with E-state index in [0.29, 0.717) is 15.9 Å². The van der Waals surface area contributed by atoms with E-state index in [0.717, 1.165) is 36.1 Å². The molecule has 0 bridgehead atoms. The van der Waals surface area contributed by atoms with Crippen molar-refractivity contribution in [2.45, 2.75) is 61.9 Å². The molecule has 13 heteroatoms. The summed E-state index contributed by atoms with van der Waals surface area (Å²) in [5.74, 6) is -12.9. The fourth-order valence-electron chi connectivity index (χ4n) is 5.33. The van der Waals surface area contributed by atoms with Gasteiger partial charge in [-0.25, -0.2) is 30.4 Å². The molecule has 3 aromatic rings. The molecule has 1 saturated carbocycles. The summed E-state index contributed by atoms with van der Waals surface area (Å²) in [6.45, 7) is -0.527. The van der Waals surface area contributed by atoms with Gasteiger partial charge < -0.3 is 10.0 Å². The first kappa shape index (κ1) is 28.9. The van der Waals surface area contributed by atoms with Gasteiger partial charge >= 0.3 is 0 Å². The van der Waals surface area contributed by atoms with Gasteiger partial charge in [0.15, 0.2) is 28.2 Å². The average molecular weight is 596 g/mol. The molecule has 41 heavy (non-hydrogen) atoms. The molecule has 1 atom stereocenters. The van der Waals surface area contributed by atoms with Crippen molar-refractivity contribution in [1.29, 1.82) is 0 Å². The monoisotopic (exact) mass is 595 g/mol. The number of phenolic OH excluding ortho intramolecular Hbond substituents is 1. The Morgan fingerprint density at radius 2 is 1.59 bits per heavy atom. The van der Waals surface area contributed by atoms with Gasteiger partial charge in [-0.1, -0.05) is 31.4 Å². The van der Waals surface area contributed by atoms with Crippen LogP contribution in [-0.2, 0) is 21.4 Å². The van der Waals surface area contributed by atoms with E-state index in [-0.39, 0.29) is 30.9 Å². The minimum atomic E-state index is -5.31. The first-order valence-corrected chi connectivity index (χ1v) is 14.5. The van der Waals surface area contributed by atoms with Crippen molar-refractivity contribution < 1.29 is 40.3 Å². The van der Waals surface area contributed by atoms with E-state index >= 15 is 0 Å². The predicted molar refractivity (Wildman–Crippen MR) is 138 cm³/mol.